The fourth-order valence-corrected chi connectivity index (χ4v) is 0.834. The molecule has 0 saturated carbocycles. The first-order valence-corrected chi connectivity index (χ1v) is 3.91. The highest BCUT2D eigenvalue weighted by Crippen LogP contribution is 2.08. The van der Waals surface area contributed by atoms with Crippen LogP contribution >= 0.6 is 0 Å². The molecule has 0 bridgehead atoms. The topological polar surface area (TPSA) is 26.3 Å². The van der Waals surface area contributed by atoms with Crippen LogP contribution in [0.4, 0.5) is 4.39 Å². The van der Waals surface area contributed by atoms with Crippen molar-refractivity contribution in [1.29, 1.82) is 0 Å². The SMILES string of the molecule is CCCC(F)CCC(=O)OC. The molecule has 2 nitrogen and oxygen atoms in total. The lowest BCUT2D eigenvalue weighted by Crippen LogP contribution is -2.06. The monoisotopic (exact) mass is 162 g/mol. The van der Waals surface area contributed by atoms with E-state index < -0.39 is 6.17 Å². The smallest absolute Gasteiger partial charge is 0.305 e. The molecule has 0 N–H and O–H groups in total. The molecule has 0 aliphatic heterocycles. The maximum Gasteiger partial charge on any atom is 0.305 e. The molecule has 11 heavy (non-hydrogen) atoms. The Kier molecular flexibility index (Phi) is 5.80. The highest BCUT2D eigenvalue weighted by atomic mass is 19.1. The van der Waals surface area contributed by atoms with Crippen molar-refractivity contribution in [2.75, 3.05) is 7.11 Å². The molecule has 0 aromatic rings. The van der Waals surface area contributed by atoms with Crippen LogP contribution in [0.5, 0.6) is 0 Å². The fourth-order valence-electron chi connectivity index (χ4n) is 0.834. The zero-order valence-corrected chi connectivity index (χ0v) is 7.10. The van der Waals surface area contributed by atoms with Crippen LogP contribution in [-0.4, -0.2) is 19.3 Å². The predicted molar refractivity (Wildman–Crippen MR) is 41.1 cm³/mol. The van der Waals surface area contributed by atoms with Gasteiger partial charge in [0.15, 0.2) is 0 Å². The highest BCUT2D eigenvalue weighted by Gasteiger charge is 2.08. The van der Waals surface area contributed by atoms with Crippen LogP contribution in [0, 0.1) is 0 Å². The Hall–Kier alpha value is -0.600. The molecule has 66 valence electrons. The van der Waals surface area contributed by atoms with Gasteiger partial charge in [-0.2, -0.15) is 0 Å². The Labute approximate surface area is 66.7 Å². The third-order valence-electron chi connectivity index (χ3n) is 1.49. The van der Waals surface area contributed by atoms with Gasteiger partial charge in [-0.25, -0.2) is 4.39 Å². The molecular formula is C8H15FO2. The number of carbonyl (C=O) groups excluding carboxylic acids is 1. The number of hydrogen-bond acceptors (Lipinski definition) is 2. The van der Waals surface area contributed by atoms with Crippen molar-refractivity contribution in [2.45, 2.75) is 38.8 Å². The third-order valence-corrected chi connectivity index (χ3v) is 1.49. The van der Waals surface area contributed by atoms with Crippen LogP contribution in [0.1, 0.15) is 32.6 Å². The molecule has 0 aliphatic rings. The van der Waals surface area contributed by atoms with Crippen molar-refractivity contribution >= 4 is 5.97 Å². The van der Waals surface area contributed by atoms with Gasteiger partial charge in [-0.1, -0.05) is 13.3 Å². The molecule has 3 heteroatoms. The second-order valence-electron chi connectivity index (χ2n) is 2.50. The van der Waals surface area contributed by atoms with E-state index >= 15 is 0 Å². The van der Waals surface area contributed by atoms with Gasteiger partial charge in [-0.3, -0.25) is 4.79 Å². The van der Waals surface area contributed by atoms with Crippen LogP contribution in [0.15, 0.2) is 0 Å². The molecule has 0 aliphatic carbocycles. The van der Waals surface area contributed by atoms with Gasteiger partial charge in [0, 0.05) is 6.42 Å². The van der Waals surface area contributed by atoms with E-state index in [1.165, 1.54) is 7.11 Å². The quantitative estimate of drug-likeness (QED) is 0.578. The van der Waals surface area contributed by atoms with Gasteiger partial charge < -0.3 is 4.74 Å². The minimum absolute atomic E-state index is 0.192. The molecule has 0 aromatic carbocycles. The van der Waals surface area contributed by atoms with E-state index in [4.69, 9.17) is 0 Å². The molecule has 0 heterocycles. The fraction of sp³-hybridized carbons (Fsp3) is 0.875. The first-order chi connectivity index (χ1) is 5.20. The van der Waals surface area contributed by atoms with Crippen LogP contribution in [0.25, 0.3) is 0 Å². The Balaban J connectivity index is 3.29. The lowest BCUT2D eigenvalue weighted by molar-refractivity contribution is -0.141. The van der Waals surface area contributed by atoms with Crippen molar-refractivity contribution in [3.63, 3.8) is 0 Å². The summed E-state index contributed by atoms with van der Waals surface area (Å²) in [6.45, 7) is 1.92. The summed E-state index contributed by atoms with van der Waals surface area (Å²) in [6.07, 6.45) is 0.997. The maximum atomic E-state index is 12.7. The third kappa shape index (κ3) is 5.83. The van der Waals surface area contributed by atoms with Crippen molar-refractivity contribution < 1.29 is 13.9 Å². The summed E-state index contributed by atoms with van der Waals surface area (Å²) in [5.41, 5.74) is 0. The van der Waals surface area contributed by atoms with Crippen LogP contribution < -0.4 is 0 Å². The zero-order chi connectivity index (χ0) is 8.69. The summed E-state index contributed by atoms with van der Waals surface area (Å²) >= 11 is 0. The molecule has 0 radical (unpaired) electrons. The maximum absolute atomic E-state index is 12.7. The molecule has 1 atom stereocenters. The van der Waals surface area contributed by atoms with Gasteiger partial charge in [-0.15, -0.1) is 0 Å². The molecule has 0 amide bonds. The summed E-state index contributed by atoms with van der Waals surface area (Å²) in [6, 6.07) is 0. The number of carbonyl (C=O) groups is 1. The molecular weight excluding hydrogens is 147 g/mol. The summed E-state index contributed by atoms with van der Waals surface area (Å²) < 4.78 is 17.1. The van der Waals surface area contributed by atoms with E-state index in [0.717, 1.165) is 6.42 Å². The lowest BCUT2D eigenvalue weighted by atomic mass is 10.1. The van der Waals surface area contributed by atoms with E-state index in [0.29, 0.717) is 12.8 Å². The van der Waals surface area contributed by atoms with Gasteiger partial charge in [0.1, 0.15) is 6.17 Å². The normalized spacial score (nSPS) is 12.6. The average Bonchev–Trinajstić information content (AvgIpc) is 2.01. The zero-order valence-electron chi connectivity index (χ0n) is 7.10. The van der Waals surface area contributed by atoms with E-state index in [1.54, 1.807) is 0 Å². The second-order valence-corrected chi connectivity index (χ2v) is 2.50. The van der Waals surface area contributed by atoms with Gasteiger partial charge in [0.2, 0.25) is 0 Å². The molecule has 0 spiro atoms. The molecule has 1 unspecified atom stereocenters. The van der Waals surface area contributed by atoms with E-state index in [9.17, 15) is 9.18 Å². The summed E-state index contributed by atoms with van der Waals surface area (Å²) in [4.78, 5) is 10.5. The van der Waals surface area contributed by atoms with Crippen LogP contribution in [0.3, 0.4) is 0 Å². The minimum Gasteiger partial charge on any atom is -0.469 e. The molecule has 0 fully saturated rings. The molecule has 0 saturated heterocycles. The number of ether oxygens (including phenoxy) is 1. The van der Waals surface area contributed by atoms with Gasteiger partial charge >= 0.3 is 5.97 Å². The van der Waals surface area contributed by atoms with Gasteiger partial charge in [-0.05, 0) is 12.8 Å². The second kappa shape index (κ2) is 6.13. The van der Waals surface area contributed by atoms with Crippen molar-refractivity contribution in [1.82, 2.24) is 0 Å². The largest absolute Gasteiger partial charge is 0.469 e. The Morgan fingerprint density at radius 2 is 2.18 bits per heavy atom. The van der Waals surface area contributed by atoms with E-state index in [-0.39, 0.29) is 12.4 Å². The minimum atomic E-state index is -0.848. The van der Waals surface area contributed by atoms with Gasteiger partial charge in [0.25, 0.3) is 0 Å². The highest BCUT2D eigenvalue weighted by molar-refractivity contribution is 5.69. The molecule has 0 aromatic heterocycles. The summed E-state index contributed by atoms with van der Waals surface area (Å²) in [5, 5.41) is 0. The molecule has 0 rings (SSSR count). The number of methoxy groups -OCH3 is 1. The summed E-state index contributed by atoms with van der Waals surface area (Å²) in [5.74, 6) is -0.330. The van der Waals surface area contributed by atoms with Crippen molar-refractivity contribution in [2.24, 2.45) is 0 Å². The summed E-state index contributed by atoms with van der Waals surface area (Å²) in [7, 11) is 1.31. The number of alkyl halides is 1. The Morgan fingerprint density at radius 1 is 1.55 bits per heavy atom. The first kappa shape index (κ1) is 10.4. The number of hydrogen-bond donors (Lipinski definition) is 0. The average molecular weight is 162 g/mol. The lowest BCUT2D eigenvalue weighted by Gasteiger charge is -2.04. The number of halogens is 1. The van der Waals surface area contributed by atoms with E-state index in [1.807, 2.05) is 6.92 Å². The van der Waals surface area contributed by atoms with Gasteiger partial charge in [0.05, 0.1) is 7.11 Å². The number of rotatable bonds is 5. The number of esters is 1. The van der Waals surface area contributed by atoms with E-state index in [2.05, 4.69) is 4.74 Å². The van der Waals surface area contributed by atoms with Crippen LogP contribution in [-0.2, 0) is 9.53 Å². The van der Waals surface area contributed by atoms with Crippen molar-refractivity contribution in [3.8, 4) is 0 Å². The Bertz CT molecular complexity index is 115. The Morgan fingerprint density at radius 3 is 2.64 bits per heavy atom. The van der Waals surface area contributed by atoms with Crippen LogP contribution in [0.2, 0.25) is 0 Å². The predicted octanol–water partition coefficient (Wildman–Crippen LogP) is 2.08. The standard InChI is InChI=1S/C8H15FO2/c1-3-4-7(9)5-6-8(10)11-2/h7H,3-6H2,1-2H3. The van der Waals surface area contributed by atoms with Crippen molar-refractivity contribution in [3.05, 3.63) is 0 Å². The first-order valence-electron chi connectivity index (χ1n) is 3.91.